The summed E-state index contributed by atoms with van der Waals surface area (Å²) in [5.74, 6) is 2.71. The summed E-state index contributed by atoms with van der Waals surface area (Å²) in [6.07, 6.45) is 4.71. The summed E-state index contributed by atoms with van der Waals surface area (Å²) in [5, 5.41) is 0. The number of fused-ring (bicyclic) bond motifs is 1. The van der Waals surface area contributed by atoms with Gasteiger partial charge in [-0.2, -0.15) is 0 Å². The zero-order chi connectivity index (χ0) is 20.9. The van der Waals surface area contributed by atoms with Crippen LogP contribution in [0, 0.1) is 0 Å². The quantitative estimate of drug-likeness (QED) is 0.334. The molecule has 0 aliphatic heterocycles. The number of aromatic nitrogens is 2. The van der Waals surface area contributed by atoms with E-state index in [0.29, 0.717) is 6.61 Å². The Bertz CT molecular complexity index is 967. The molecular weight excluding hydrogens is 360 g/mol. The van der Waals surface area contributed by atoms with Crippen molar-refractivity contribution in [2.24, 2.45) is 0 Å². The topological polar surface area (TPSA) is 36.3 Å². The van der Waals surface area contributed by atoms with Crippen molar-refractivity contribution in [2.45, 2.75) is 52.0 Å². The van der Waals surface area contributed by atoms with Gasteiger partial charge in [-0.25, -0.2) is 4.98 Å². The molecule has 0 aliphatic rings. The standard InChI is InChI=1S/C25H32N2O2/c1-6-11-19-14-15-22(23(18-19)28-5)29-17-10-9-16-27-21-13-8-7-12-20(21)26-24(27)25(2,3)4/h6-8,12-15,18H,1,9-11,16-17H2,2-5H3. The van der Waals surface area contributed by atoms with Crippen LogP contribution in [-0.4, -0.2) is 23.3 Å². The lowest BCUT2D eigenvalue weighted by molar-refractivity contribution is 0.283. The highest BCUT2D eigenvalue weighted by atomic mass is 16.5. The largest absolute Gasteiger partial charge is 0.493 e. The van der Waals surface area contributed by atoms with E-state index in [1.807, 2.05) is 24.3 Å². The van der Waals surface area contributed by atoms with Gasteiger partial charge in [0.05, 0.1) is 24.8 Å². The summed E-state index contributed by atoms with van der Waals surface area (Å²) in [6.45, 7) is 12.0. The third kappa shape index (κ3) is 5.00. The van der Waals surface area contributed by atoms with Gasteiger partial charge in [0.15, 0.2) is 11.5 Å². The van der Waals surface area contributed by atoms with E-state index in [4.69, 9.17) is 14.5 Å². The first-order valence-corrected chi connectivity index (χ1v) is 10.3. The summed E-state index contributed by atoms with van der Waals surface area (Å²) in [4.78, 5) is 4.88. The Morgan fingerprint density at radius 1 is 1.07 bits per heavy atom. The fraction of sp³-hybridized carbons (Fsp3) is 0.400. The summed E-state index contributed by atoms with van der Waals surface area (Å²) >= 11 is 0. The Labute approximate surface area is 174 Å². The second kappa shape index (κ2) is 9.17. The van der Waals surface area contributed by atoms with Crippen LogP contribution < -0.4 is 9.47 Å². The van der Waals surface area contributed by atoms with Crippen molar-refractivity contribution in [3.05, 3.63) is 66.5 Å². The molecule has 1 aromatic heterocycles. The van der Waals surface area contributed by atoms with E-state index in [-0.39, 0.29) is 5.41 Å². The molecule has 0 radical (unpaired) electrons. The van der Waals surface area contributed by atoms with E-state index in [1.165, 1.54) is 11.1 Å². The zero-order valence-electron chi connectivity index (χ0n) is 18.1. The number of hydrogen-bond acceptors (Lipinski definition) is 3. The van der Waals surface area contributed by atoms with Gasteiger partial charge in [0.25, 0.3) is 0 Å². The molecule has 0 unspecified atom stereocenters. The number of para-hydroxylation sites is 2. The predicted molar refractivity (Wildman–Crippen MR) is 120 cm³/mol. The summed E-state index contributed by atoms with van der Waals surface area (Å²) < 4.78 is 13.8. The van der Waals surface area contributed by atoms with Gasteiger partial charge in [-0.3, -0.25) is 0 Å². The second-order valence-electron chi connectivity index (χ2n) is 8.36. The molecule has 0 bridgehead atoms. The number of allylic oxidation sites excluding steroid dienone is 1. The number of aryl methyl sites for hydroxylation is 1. The van der Waals surface area contributed by atoms with E-state index < -0.39 is 0 Å². The van der Waals surface area contributed by atoms with Gasteiger partial charge >= 0.3 is 0 Å². The van der Waals surface area contributed by atoms with Crippen LogP contribution in [0.5, 0.6) is 11.5 Å². The molecule has 3 rings (SSSR count). The molecule has 0 amide bonds. The molecule has 0 saturated heterocycles. The van der Waals surface area contributed by atoms with Crippen LogP contribution in [-0.2, 0) is 18.4 Å². The third-order valence-corrected chi connectivity index (χ3v) is 4.97. The molecular formula is C25H32N2O2. The van der Waals surface area contributed by atoms with Crippen LogP contribution in [0.3, 0.4) is 0 Å². The van der Waals surface area contributed by atoms with Gasteiger partial charge in [-0.05, 0) is 49.1 Å². The Hall–Kier alpha value is -2.75. The maximum atomic E-state index is 5.99. The van der Waals surface area contributed by atoms with Gasteiger partial charge in [0.1, 0.15) is 5.82 Å². The number of hydrogen-bond donors (Lipinski definition) is 0. The van der Waals surface area contributed by atoms with Crippen molar-refractivity contribution in [1.29, 1.82) is 0 Å². The maximum absolute atomic E-state index is 5.99. The van der Waals surface area contributed by atoms with Crippen molar-refractivity contribution >= 4 is 11.0 Å². The molecule has 4 heteroatoms. The van der Waals surface area contributed by atoms with Gasteiger partial charge in [0, 0.05) is 12.0 Å². The lowest BCUT2D eigenvalue weighted by Crippen LogP contribution is -2.19. The molecule has 0 aliphatic carbocycles. The summed E-state index contributed by atoms with van der Waals surface area (Å²) in [6, 6.07) is 14.4. The van der Waals surface area contributed by atoms with Crippen molar-refractivity contribution < 1.29 is 9.47 Å². The van der Waals surface area contributed by atoms with Crippen LogP contribution >= 0.6 is 0 Å². The van der Waals surface area contributed by atoms with Gasteiger partial charge in [0.2, 0.25) is 0 Å². The fourth-order valence-electron chi connectivity index (χ4n) is 3.55. The first kappa shape index (κ1) is 21.0. The lowest BCUT2D eigenvalue weighted by atomic mass is 9.95. The van der Waals surface area contributed by atoms with Crippen molar-refractivity contribution in [1.82, 2.24) is 9.55 Å². The van der Waals surface area contributed by atoms with Gasteiger partial charge < -0.3 is 14.0 Å². The number of nitrogens with zero attached hydrogens (tertiary/aromatic N) is 2. The third-order valence-electron chi connectivity index (χ3n) is 4.97. The highest BCUT2D eigenvalue weighted by molar-refractivity contribution is 5.76. The number of unbranched alkanes of at least 4 members (excludes halogenated alkanes) is 1. The van der Waals surface area contributed by atoms with Gasteiger partial charge in [-0.15, -0.1) is 6.58 Å². The van der Waals surface area contributed by atoms with Crippen LogP contribution in [0.2, 0.25) is 0 Å². The average molecular weight is 393 g/mol. The Kier molecular flexibility index (Phi) is 6.63. The number of ether oxygens (including phenoxy) is 2. The molecule has 154 valence electrons. The van der Waals surface area contributed by atoms with E-state index in [1.54, 1.807) is 7.11 Å². The summed E-state index contributed by atoms with van der Waals surface area (Å²) in [5.41, 5.74) is 3.46. The Morgan fingerprint density at radius 2 is 1.86 bits per heavy atom. The molecule has 29 heavy (non-hydrogen) atoms. The normalized spacial score (nSPS) is 11.6. The number of rotatable bonds is 9. The fourth-order valence-corrected chi connectivity index (χ4v) is 3.55. The first-order valence-electron chi connectivity index (χ1n) is 10.3. The molecule has 0 fully saturated rings. The van der Waals surface area contributed by atoms with Crippen LogP contribution in [0.4, 0.5) is 0 Å². The highest BCUT2D eigenvalue weighted by Crippen LogP contribution is 2.29. The number of imidazole rings is 1. The summed E-state index contributed by atoms with van der Waals surface area (Å²) in [7, 11) is 1.68. The molecule has 1 heterocycles. The molecule has 0 saturated carbocycles. The van der Waals surface area contributed by atoms with E-state index in [2.05, 4.69) is 56.2 Å². The molecule has 0 spiro atoms. The van der Waals surface area contributed by atoms with Crippen molar-refractivity contribution in [2.75, 3.05) is 13.7 Å². The molecule has 2 aromatic carbocycles. The minimum atomic E-state index is 0.00999. The Morgan fingerprint density at radius 3 is 2.59 bits per heavy atom. The average Bonchev–Trinajstić information content (AvgIpc) is 3.08. The van der Waals surface area contributed by atoms with E-state index in [9.17, 15) is 0 Å². The highest BCUT2D eigenvalue weighted by Gasteiger charge is 2.22. The minimum absolute atomic E-state index is 0.00999. The molecule has 3 aromatic rings. The van der Waals surface area contributed by atoms with Gasteiger partial charge in [-0.1, -0.05) is 45.0 Å². The monoisotopic (exact) mass is 392 g/mol. The van der Waals surface area contributed by atoms with E-state index >= 15 is 0 Å². The molecule has 0 atom stereocenters. The molecule has 4 nitrogen and oxygen atoms in total. The van der Waals surface area contributed by atoms with Crippen LogP contribution in [0.15, 0.2) is 55.1 Å². The first-order chi connectivity index (χ1) is 13.9. The maximum Gasteiger partial charge on any atom is 0.161 e. The SMILES string of the molecule is C=CCc1ccc(OCCCCn2c(C(C)(C)C)nc3ccccc32)c(OC)c1. The van der Waals surface area contributed by atoms with E-state index in [0.717, 1.165) is 48.6 Å². The minimum Gasteiger partial charge on any atom is -0.493 e. The Balaban J connectivity index is 1.61. The zero-order valence-corrected chi connectivity index (χ0v) is 18.1. The lowest BCUT2D eigenvalue weighted by Gasteiger charge is -2.20. The molecule has 0 N–H and O–H groups in total. The van der Waals surface area contributed by atoms with Crippen LogP contribution in [0.25, 0.3) is 11.0 Å². The smallest absolute Gasteiger partial charge is 0.161 e. The van der Waals surface area contributed by atoms with Crippen molar-refractivity contribution in [3.63, 3.8) is 0 Å². The number of methoxy groups -OCH3 is 1. The van der Waals surface area contributed by atoms with Crippen molar-refractivity contribution in [3.8, 4) is 11.5 Å². The predicted octanol–water partition coefficient (Wildman–Crippen LogP) is 5.93. The van der Waals surface area contributed by atoms with Crippen LogP contribution in [0.1, 0.15) is 45.0 Å². The number of benzene rings is 2. The second-order valence-corrected chi connectivity index (χ2v) is 8.36.